The maximum Gasteiger partial charge on any atom is 0.491 e. The summed E-state index contributed by atoms with van der Waals surface area (Å²) >= 11 is 0. The molecule has 0 aliphatic heterocycles. The zero-order valence-corrected chi connectivity index (χ0v) is 10.7. The van der Waals surface area contributed by atoms with E-state index in [2.05, 4.69) is 9.72 Å². The van der Waals surface area contributed by atoms with E-state index in [-0.39, 0.29) is 5.91 Å². The lowest BCUT2D eigenvalue weighted by Gasteiger charge is -2.06. The highest BCUT2D eigenvalue weighted by atomic mass is 19.4. The number of hydrogen-bond acceptors (Lipinski definition) is 6. The van der Waals surface area contributed by atoms with Crippen molar-refractivity contribution in [3.8, 4) is 0 Å². The summed E-state index contributed by atoms with van der Waals surface area (Å²) in [6.45, 7) is 0. The van der Waals surface area contributed by atoms with Gasteiger partial charge in [-0.05, 0) is 12.1 Å². The number of nitrogen functional groups attached to an aromatic ring is 1. The number of hydrazine groups is 1. The van der Waals surface area contributed by atoms with E-state index in [0.29, 0.717) is 5.56 Å². The minimum absolute atomic E-state index is 0.326. The van der Waals surface area contributed by atoms with Crippen molar-refractivity contribution in [3.05, 3.63) is 30.1 Å². The molecule has 0 bridgehead atoms. The Morgan fingerprint density at radius 3 is 1.83 bits per heavy atom. The third-order valence-corrected chi connectivity index (χ3v) is 1.70. The smallest absolute Gasteiger partial charge is 0.380 e. The summed E-state index contributed by atoms with van der Waals surface area (Å²) < 4.78 is 69.7. The van der Waals surface area contributed by atoms with Crippen LogP contribution >= 0.6 is 0 Å². The summed E-state index contributed by atoms with van der Waals surface area (Å²) in [6, 6.07) is 3.31. The molecule has 0 unspecified atom stereocenters. The average molecular weight is 347 g/mol. The second-order valence-corrected chi connectivity index (χ2v) is 3.39. The van der Waals surface area contributed by atoms with Gasteiger partial charge in [0, 0.05) is 12.4 Å². The Labute approximate surface area is 123 Å². The Hall–Kier alpha value is -2.70. The molecule has 0 atom stereocenters. The van der Waals surface area contributed by atoms with E-state index >= 15 is 0 Å². The molecule has 0 radical (unpaired) electrons. The van der Waals surface area contributed by atoms with Crippen molar-refractivity contribution in [1.29, 1.82) is 0 Å². The van der Waals surface area contributed by atoms with Gasteiger partial charge in [-0.25, -0.2) is 15.4 Å². The number of hydrogen-bond donors (Lipinski definition) is 2. The maximum atomic E-state index is 11.2. The molecule has 7 nitrogen and oxygen atoms in total. The van der Waals surface area contributed by atoms with Crippen LogP contribution in [-0.4, -0.2) is 35.2 Å². The van der Waals surface area contributed by atoms with Crippen molar-refractivity contribution in [1.82, 2.24) is 10.4 Å². The van der Waals surface area contributed by atoms with E-state index in [1.807, 2.05) is 5.43 Å². The standard InChI is InChI=1S/C6H7N3O.C4F6O3/c7-9-6(10)5-2-1-3-8-4-5;5-3(6,7)1(11)13-2(12)4(8,9)10/h1-4H,7H2,(H,9,10);. The monoisotopic (exact) mass is 347 g/mol. The van der Waals surface area contributed by atoms with E-state index in [9.17, 15) is 40.7 Å². The van der Waals surface area contributed by atoms with Crippen LogP contribution in [0.1, 0.15) is 10.4 Å². The lowest BCUT2D eigenvalue weighted by molar-refractivity contribution is -0.221. The number of aromatic nitrogens is 1. The molecule has 0 fully saturated rings. The van der Waals surface area contributed by atoms with Gasteiger partial charge in [-0.2, -0.15) is 26.3 Å². The van der Waals surface area contributed by atoms with Crippen molar-refractivity contribution in [3.63, 3.8) is 0 Å². The molecule has 0 spiro atoms. The van der Waals surface area contributed by atoms with Gasteiger partial charge in [0.15, 0.2) is 0 Å². The first-order valence-corrected chi connectivity index (χ1v) is 5.20. The highest BCUT2D eigenvalue weighted by Crippen LogP contribution is 2.21. The first-order valence-electron chi connectivity index (χ1n) is 5.20. The number of alkyl halides is 6. The zero-order valence-electron chi connectivity index (χ0n) is 10.7. The Bertz CT molecular complexity index is 534. The number of halogens is 6. The second-order valence-electron chi connectivity index (χ2n) is 3.39. The fraction of sp³-hybridized carbons (Fsp3) is 0.200. The molecule has 13 heteroatoms. The van der Waals surface area contributed by atoms with Crippen molar-refractivity contribution in [2.24, 2.45) is 5.84 Å². The molecule has 1 aromatic heterocycles. The quantitative estimate of drug-likeness (QED) is 0.195. The summed E-state index contributed by atoms with van der Waals surface area (Å²) in [5.74, 6) is -1.85. The van der Waals surface area contributed by atoms with Gasteiger partial charge in [0.25, 0.3) is 5.91 Å². The molecule has 0 aromatic carbocycles. The van der Waals surface area contributed by atoms with Gasteiger partial charge in [-0.3, -0.25) is 15.2 Å². The van der Waals surface area contributed by atoms with Gasteiger partial charge >= 0.3 is 24.3 Å². The highest BCUT2D eigenvalue weighted by molar-refractivity contribution is 5.93. The topological polar surface area (TPSA) is 111 Å². The van der Waals surface area contributed by atoms with E-state index in [0.717, 1.165) is 0 Å². The lowest BCUT2D eigenvalue weighted by atomic mass is 10.3. The van der Waals surface area contributed by atoms with E-state index in [4.69, 9.17) is 5.84 Å². The predicted octanol–water partition coefficient (Wildman–Crippen LogP) is 0.866. The zero-order chi connectivity index (χ0) is 18.3. The Kier molecular flexibility index (Phi) is 7.12. The Morgan fingerprint density at radius 2 is 1.52 bits per heavy atom. The van der Waals surface area contributed by atoms with Crippen LogP contribution in [0.2, 0.25) is 0 Å². The molecule has 0 saturated heterocycles. The normalized spacial score (nSPS) is 10.9. The highest BCUT2D eigenvalue weighted by Gasteiger charge is 2.49. The number of ether oxygens (including phenoxy) is 1. The lowest BCUT2D eigenvalue weighted by Crippen LogP contribution is -2.34. The number of esters is 2. The van der Waals surface area contributed by atoms with Gasteiger partial charge in [-0.1, -0.05) is 0 Å². The number of nitrogens with zero attached hydrogens (tertiary/aromatic N) is 1. The molecule has 0 aliphatic carbocycles. The van der Waals surface area contributed by atoms with Crippen molar-refractivity contribution >= 4 is 17.8 Å². The van der Waals surface area contributed by atoms with Crippen molar-refractivity contribution < 1.29 is 45.5 Å². The van der Waals surface area contributed by atoms with Gasteiger partial charge in [-0.15, -0.1) is 0 Å². The minimum Gasteiger partial charge on any atom is -0.380 e. The average Bonchev–Trinajstić information content (AvgIpc) is 2.46. The number of carbonyl (C=O) groups is 3. The molecule has 1 rings (SSSR count). The number of pyridine rings is 1. The summed E-state index contributed by atoms with van der Waals surface area (Å²) in [4.78, 5) is 33.8. The Morgan fingerprint density at radius 1 is 1.04 bits per heavy atom. The third-order valence-electron chi connectivity index (χ3n) is 1.70. The van der Waals surface area contributed by atoms with Crippen LogP contribution in [-0.2, 0) is 14.3 Å². The van der Waals surface area contributed by atoms with Gasteiger partial charge in [0.1, 0.15) is 0 Å². The molecule has 128 valence electrons. The molecule has 0 saturated carbocycles. The number of nitrogens with one attached hydrogen (secondary N) is 1. The van der Waals surface area contributed by atoms with E-state index < -0.39 is 24.3 Å². The maximum absolute atomic E-state index is 11.2. The number of carbonyl (C=O) groups excluding carboxylic acids is 3. The first kappa shape index (κ1) is 20.3. The largest absolute Gasteiger partial charge is 0.491 e. The molecule has 1 aromatic rings. The van der Waals surface area contributed by atoms with Crippen LogP contribution < -0.4 is 11.3 Å². The van der Waals surface area contributed by atoms with Crippen molar-refractivity contribution in [2.75, 3.05) is 0 Å². The van der Waals surface area contributed by atoms with Crippen LogP contribution in [0.5, 0.6) is 0 Å². The van der Waals surface area contributed by atoms with Crippen LogP contribution in [0.15, 0.2) is 24.5 Å². The molecule has 23 heavy (non-hydrogen) atoms. The summed E-state index contributed by atoms with van der Waals surface area (Å²) in [5.41, 5.74) is 2.47. The van der Waals surface area contributed by atoms with Crippen LogP contribution in [0.4, 0.5) is 26.3 Å². The van der Waals surface area contributed by atoms with Crippen LogP contribution in [0.3, 0.4) is 0 Å². The predicted molar refractivity (Wildman–Crippen MR) is 59.1 cm³/mol. The molecule has 3 N–H and O–H groups in total. The summed E-state index contributed by atoms with van der Waals surface area (Å²) in [5, 5.41) is 0. The molecule has 1 heterocycles. The van der Waals surface area contributed by atoms with Crippen LogP contribution in [0.25, 0.3) is 0 Å². The van der Waals surface area contributed by atoms with E-state index in [1.54, 1.807) is 18.3 Å². The van der Waals surface area contributed by atoms with Gasteiger partial charge < -0.3 is 4.74 Å². The summed E-state index contributed by atoms with van der Waals surface area (Å²) in [6.07, 6.45) is -8.21. The van der Waals surface area contributed by atoms with Crippen molar-refractivity contribution in [2.45, 2.75) is 12.4 Å². The van der Waals surface area contributed by atoms with Gasteiger partial charge in [0.05, 0.1) is 5.56 Å². The second kappa shape index (κ2) is 8.07. The minimum atomic E-state index is -5.62. The van der Waals surface area contributed by atoms with E-state index in [1.165, 1.54) is 6.20 Å². The molecule has 1 amide bonds. The number of rotatable bonds is 1. The fourth-order valence-corrected chi connectivity index (χ4v) is 0.780. The molecule has 0 aliphatic rings. The Balaban J connectivity index is 0.000000433. The van der Waals surface area contributed by atoms with Gasteiger partial charge in [0.2, 0.25) is 0 Å². The number of amides is 1. The summed E-state index contributed by atoms with van der Waals surface area (Å²) in [7, 11) is 0. The fourth-order valence-electron chi connectivity index (χ4n) is 0.780. The van der Waals surface area contributed by atoms with Crippen LogP contribution in [0, 0.1) is 0 Å². The SMILES string of the molecule is NNC(=O)c1cccnc1.O=C(OC(=O)C(F)(F)F)C(F)(F)F. The number of nitrogens with two attached hydrogens (primary N) is 1. The first-order chi connectivity index (χ1) is 10.4. The molecular weight excluding hydrogens is 340 g/mol. The molecular formula is C10H7F6N3O4. The third kappa shape index (κ3) is 7.75.